The normalized spacial score (nSPS) is 13.9. The van der Waals surface area contributed by atoms with Crippen molar-refractivity contribution in [1.82, 2.24) is 30.7 Å². The molecule has 3 amide bonds. The van der Waals surface area contributed by atoms with Gasteiger partial charge in [0.2, 0.25) is 17.7 Å². The number of benzene rings is 2. The van der Waals surface area contributed by atoms with E-state index in [1.54, 1.807) is 32.3 Å². The first-order valence-corrected chi connectivity index (χ1v) is 20.5. The van der Waals surface area contributed by atoms with Crippen molar-refractivity contribution in [3.63, 3.8) is 0 Å². The molecule has 3 atom stereocenters. The van der Waals surface area contributed by atoms with Gasteiger partial charge in [0.1, 0.15) is 12.1 Å². The Morgan fingerprint density at radius 1 is 0.965 bits per heavy atom. The number of nitrogens with two attached hydrogens (primary N) is 2. The second-order valence-electron chi connectivity index (χ2n) is 13.7. The number of unbranched alkanes of at least 4 members (excludes halogenated alkanes) is 1. The van der Waals surface area contributed by atoms with E-state index in [2.05, 4.69) is 38.6 Å². The second-order valence-corrected chi connectivity index (χ2v) is 14.6. The Labute approximate surface area is 348 Å². The van der Waals surface area contributed by atoms with E-state index in [1.807, 2.05) is 74.7 Å². The van der Waals surface area contributed by atoms with Gasteiger partial charge in [-0.25, -0.2) is 0 Å². The monoisotopic (exact) mass is 823 g/mol. The molecule has 0 aliphatic rings. The van der Waals surface area contributed by atoms with Crippen LogP contribution in [-0.4, -0.2) is 104 Å². The molecule has 15 heteroatoms. The number of para-hydroxylation sites is 1. The lowest BCUT2D eigenvalue weighted by Gasteiger charge is -2.32. The molecule has 0 fully saturated rings. The minimum absolute atomic E-state index is 0.0152. The SMILES string of the molecule is CC/C=C(/OC)N(C)/C(CNC(=O)[C@H](Cc1c[nH]c2ccccc12)N(C)C(=O)[C@H](CCCCN)NC(=O)[C@H](CCCN)NCc1ccccc1S)=C(/Cl)C=NCC. The van der Waals surface area contributed by atoms with Gasteiger partial charge in [-0.1, -0.05) is 54.9 Å². The first-order valence-electron chi connectivity index (χ1n) is 19.7. The zero-order chi connectivity index (χ0) is 41.7. The largest absolute Gasteiger partial charge is 0.482 e. The molecule has 312 valence electrons. The Hall–Kier alpha value is -4.34. The molecule has 0 radical (unpaired) electrons. The molecule has 1 heterocycles. The maximum atomic E-state index is 14.6. The molecule has 13 nitrogen and oxygen atoms in total. The smallest absolute Gasteiger partial charge is 0.245 e. The predicted molar refractivity (Wildman–Crippen MR) is 234 cm³/mol. The lowest BCUT2D eigenvalue weighted by molar-refractivity contribution is -0.142. The summed E-state index contributed by atoms with van der Waals surface area (Å²) in [4.78, 5) is 54.6. The molecule has 2 aromatic carbocycles. The number of carbonyl (C=O) groups excluding carboxylic acids is 3. The van der Waals surface area contributed by atoms with Gasteiger partial charge in [0.25, 0.3) is 0 Å². The molecule has 3 aromatic rings. The highest BCUT2D eigenvalue weighted by molar-refractivity contribution is 7.80. The molecule has 57 heavy (non-hydrogen) atoms. The molecule has 0 aliphatic heterocycles. The fraction of sp³-hybridized carbons (Fsp3) is 0.476. The summed E-state index contributed by atoms with van der Waals surface area (Å²) in [5.41, 5.74) is 14.9. The van der Waals surface area contributed by atoms with E-state index >= 15 is 0 Å². The van der Waals surface area contributed by atoms with Crippen molar-refractivity contribution in [2.75, 3.05) is 47.4 Å². The number of methoxy groups -OCH3 is 1. The number of likely N-dealkylation sites (N-methyl/N-ethyl adjacent to an activating group) is 2. The van der Waals surface area contributed by atoms with Gasteiger partial charge < -0.3 is 46.9 Å². The van der Waals surface area contributed by atoms with Crippen LogP contribution in [0.4, 0.5) is 0 Å². The van der Waals surface area contributed by atoms with Crippen molar-refractivity contribution in [2.24, 2.45) is 16.5 Å². The van der Waals surface area contributed by atoms with Gasteiger partial charge in [0.05, 0.1) is 30.4 Å². The molecule has 0 aliphatic carbocycles. The Bertz CT molecular complexity index is 1830. The average molecular weight is 825 g/mol. The van der Waals surface area contributed by atoms with Crippen LogP contribution in [0.15, 0.2) is 87.3 Å². The maximum Gasteiger partial charge on any atom is 0.245 e. The molecule has 0 spiro atoms. The van der Waals surface area contributed by atoms with E-state index < -0.39 is 29.9 Å². The molecule has 0 bridgehead atoms. The van der Waals surface area contributed by atoms with Gasteiger partial charge in [-0.15, -0.1) is 12.6 Å². The topological polar surface area (TPSA) is 183 Å². The Kier molecular flexibility index (Phi) is 20.7. The van der Waals surface area contributed by atoms with Crippen molar-refractivity contribution in [3.8, 4) is 0 Å². The van der Waals surface area contributed by atoms with Gasteiger partial charge >= 0.3 is 0 Å². The number of H-pyrrole nitrogens is 1. The van der Waals surface area contributed by atoms with Crippen molar-refractivity contribution in [2.45, 2.75) is 88.4 Å². The summed E-state index contributed by atoms with van der Waals surface area (Å²) in [5.74, 6) is -0.574. The first kappa shape index (κ1) is 47.0. The number of hydrogen-bond donors (Lipinski definition) is 7. The average Bonchev–Trinajstić information content (AvgIpc) is 3.63. The van der Waals surface area contributed by atoms with E-state index in [9.17, 15) is 14.4 Å². The minimum Gasteiger partial charge on any atom is -0.482 e. The van der Waals surface area contributed by atoms with Crippen molar-refractivity contribution in [1.29, 1.82) is 0 Å². The quantitative estimate of drug-likeness (QED) is 0.0275. The first-order chi connectivity index (χ1) is 27.5. The number of amides is 3. The number of rotatable bonds is 25. The number of nitrogens with zero attached hydrogens (tertiary/aromatic N) is 3. The van der Waals surface area contributed by atoms with E-state index in [4.69, 9.17) is 27.8 Å². The minimum atomic E-state index is -0.966. The summed E-state index contributed by atoms with van der Waals surface area (Å²) in [6.45, 7) is 5.68. The number of carbonyl (C=O) groups is 3. The summed E-state index contributed by atoms with van der Waals surface area (Å²) < 4.78 is 5.63. The lowest BCUT2D eigenvalue weighted by atomic mass is 10.0. The Morgan fingerprint density at radius 2 is 1.67 bits per heavy atom. The fourth-order valence-electron chi connectivity index (χ4n) is 6.44. The zero-order valence-electron chi connectivity index (χ0n) is 34.0. The number of hydrogen-bond acceptors (Lipinski definition) is 10. The van der Waals surface area contributed by atoms with Gasteiger partial charge in [0, 0.05) is 61.8 Å². The van der Waals surface area contributed by atoms with Crippen LogP contribution in [0.5, 0.6) is 0 Å². The van der Waals surface area contributed by atoms with Crippen LogP contribution >= 0.6 is 24.2 Å². The Balaban J connectivity index is 1.97. The molecule has 3 rings (SSSR count). The number of fused-ring (bicyclic) bond motifs is 1. The Morgan fingerprint density at radius 3 is 2.35 bits per heavy atom. The number of ether oxygens (including phenoxy) is 1. The molecule has 0 unspecified atom stereocenters. The second kappa shape index (κ2) is 25.1. The molecule has 8 N–H and O–H groups in total. The number of aromatic nitrogens is 1. The number of halogens is 1. The van der Waals surface area contributed by atoms with E-state index in [-0.39, 0.29) is 18.9 Å². The highest BCUT2D eigenvalue weighted by atomic mass is 35.5. The third kappa shape index (κ3) is 14.2. The van der Waals surface area contributed by atoms with Crippen LogP contribution in [-0.2, 0) is 32.1 Å². The standard InChI is InChI=1S/C42H62ClN9O4S/c1-6-15-39(56-5)51(3)37(32(43)27-46-7-2)28-49-41(54)36(24-30-26-47-33-18-10-9-17-31(30)33)52(4)42(55)35(19-12-13-22-44)50-40(53)34(20-14-23-45)48-25-29-16-8-11-21-38(29)57/h8-11,15-18,21,26-27,34-36,47-48,57H,6-7,12-14,19-20,22-25,28,44-45H2,1-5H3,(H,49,54)(H,50,53)/b37-32+,39-15+,46-27?/t34-,35-,36-/m0/s1. The number of aliphatic imine (C=N–C) groups is 1. The van der Waals surface area contributed by atoms with Gasteiger partial charge in [-0.05, 0) is 87.9 Å². The summed E-state index contributed by atoms with van der Waals surface area (Å²) in [6.07, 6.45) is 8.90. The van der Waals surface area contributed by atoms with E-state index in [1.165, 1.54) is 4.90 Å². The van der Waals surface area contributed by atoms with E-state index in [0.717, 1.165) is 26.9 Å². The van der Waals surface area contributed by atoms with Gasteiger partial charge in [0.15, 0.2) is 5.88 Å². The number of thiol groups is 1. The van der Waals surface area contributed by atoms with Gasteiger partial charge in [-0.3, -0.25) is 19.4 Å². The highest BCUT2D eigenvalue weighted by Crippen LogP contribution is 2.22. The van der Waals surface area contributed by atoms with Crippen LogP contribution < -0.4 is 27.4 Å². The third-order valence-electron chi connectivity index (χ3n) is 9.73. The van der Waals surface area contributed by atoms with Gasteiger partial charge in [-0.2, -0.15) is 0 Å². The van der Waals surface area contributed by atoms with Crippen molar-refractivity contribution in [3.05, 3.63) is 88.5 Å². The number of aromatic amines is 1. The van der Waals surface area contributed by atoms with Crippen LogP contribution in [0.2, 0.25) is 0 Å². The fourth-order valence-corrected chi connectivity index (χ4v) is 6.94. The van der Waals surface area contributed by atoms with Crippen LogP contribution in [0.3, 0.4) is 0 Å². The molecular weight excluding hydrogens is 762 g/mol. The summed E-state index contributed by atoms with van der Waals surface area (Å²) in [7, 11) is 4.98. The molecule has 0 saturated heterocycles. The lowest BCUT2D eigenvalue weighted by Crippen LogP contribution is -2.57. The van der Waals surface area contributed by atoms with Crippen LogP contribution in [0.1, 0.15) is 63.5 Å². The maximum absolute atomic E-state index is 14.6. The van der Waals surface area contributed by atoms with Crippen LogP contribution in [0.25, 0.3) is 10.9 Å². The predicted octanol–water partition coefficient (Wildman–Crippen LogP) is 4.82. The van der Waals surface area contributed by atoms with Crippen molar-refractivity contribution >= 4 is 59.1 Å². The van der Waals surface area contributed by atoms with Crippen LogP contribution in [0, 0.1) is 0 Å². The molecule has 1 aromatic heterocycles. The highest BCUT2D eigenvalue weighted by Gasteiger charge is 2.34. The van der Waals surface area contributed by atoms with Crippen molar-refractivity contribution < 1.29 is 19.1 Å². The zero-order valence-corrected chi connectivity index (χ0v) is 35.7. The summed E-state index contributed by atoms with van der Waals surface area (Å²) in [5, 5.41) is 10.7. The summed E-state index contributed by atoms with van der Waals surface area (Å²) in [6, 6.07) is 12.9. The number of allylic oxidation sites excluding steroid dienone is 2. The summed E-state index contributed by atoms with van der Waals surface area (Å²) >= 11 is 11.3. The molecular formula is C42H62ClN9O4S. The van der Waals surface area contributed by atoms with E-state index in [0.29, 0.717) is 81.3 Å². The molecule has 0 saturated carbocycles. The number of nitrogens with one attached hydrogen (secondary N) is 4. The third-order valence-corrected chi connectivity index (χ3v) is 10.5.